The minimum Gasteiger partial charge on any atom is -0.453 e. The van der Waals surface area contributed by atoms with E-state index in [0.29, 0.717) is 11.7 Å². The van der Waals surface area contributed by atoms with Crippen molar-refractivity contribution in [3.63, 3.8) is 0 Å². The summed E-state index contributed by atoms with van der Waals surface area (Å²) in [7, 11) is 0. The van der Waals surface area contributed by atoms with Crippen LogP contribution in [0.4, 0.5) is 5.69 Å². The first-order chi connectivity index (χ1) is 10.6. The maximum absolute atomic E-state index is 12.0. The molecule has 0 aliphatic heterocycles. The average Bonchev–Trinajstić information content (AvgIpc) is 2.91. The van der Waals surface area contributed by atoms with Gasteiger partial charge < -0.3 is 10.1 Å². The number of aromatic nitrogens is 3. The van der Waals surface area contributed by atoms with Gasteiger partial charge in [-0.3, -0.25) is 9.20 Å². The normalized spacial score (nSPS) is 10.6. The highest BCUT2D eigenvalue weighted by Crippen LogP contribution is 2.16. The van der Waals surface area contributed by atoms with Crippen LogP contribution in [0.15, 0.2) is 42.6 Å². The molecule has 0 unspecified atom stereocenters. The fraction of sp³-hybridized carbons (Fsp3) is 0.188. The largest absolute Gasteiger partial charge is 0.453 e. The number of hydrogen-bond acceptors (Lipinski definition) is 4. The molecule has 22 heavy (non-hydrogen) atoms. The molecule has 2 heterocycles. The SMILES string of the molecule is Cc1ccc(NC(=O)COc2nnc3ccccn23)c(C)c1. The number of benzene rings is 1. The number of nitrogens with one attached hydrogen (secondary N) is 1. The number of aryl methyl sites for hydroxylation is 2. The van der Waals surface area contributed by atoms with Gasteiger partial charge in [0.05, 0.1) is 0 Å². The molecule has 0 saturated carbocycles. The van der Waals surface area contributed by atoms with E-state index in [4.69, 9.17) is 4.74 Å². The molecule has 112 valence electrons. The van der Waals surface area contributed by atoms with E-state index in [-0.39, 0.29) is 12.5 Å². The van der Waals surface area contributed by atoms with Gasteiger partial charge in [0.1, 0.15) is 0 Å². The predicted octanol–water partition coefficient (Wildman–Crippen LogP) is 2.36. The number of fused-ring (bicyclic) bond motifs is 1. The van der Waals surface area contributed by atoms with Gasteiger partial charge in [0.15, 0.2) is 12.3 Å². The molecule has 0 saturated heterocycles. The van der Waals surface area contributed by atoms with Crippen molar-refractivity contribution in [2.75, 3.05) is 11.9 Å². The van der Waals surface area contributed by atoms with Gasteiger partial charge in [0.25, 0.3) is 5.91 Å². The van der Waals surface area contributed by atoms with Crippen LogP contribution in [0.1, 0.15) is 11.1 Å². The number of nitrogens with zero attached hydrogens (tertiary/aromatic N) is 3. The summed E-state index contributed by atoms with van der Waals surface area (Å²) >= 11 is 0. The summed E-state index contributed by atoms with van der Waals surface area (Å²) in [6, 6.07) is 11.7. The monoisotopic (exact) mass is 296 g/mol. The molecular formula is C16H16N4O2. The minimum atomic E-state index is -0.236. The standard InChI is InChI=1S/C16H16N4O2/c1-11-6-7-13(12(2)9-11)17-15(21)10-22-16-19-18-14-5-3-4-8-20(14)16/h3-9H,10H2,1-2H3,(H,17,21). The quantitative estimate of drug-likeness (QED) is 0.802. The summed E-state index contributed by atoms with van der Waals surface area (Å²) in [4.78, 5) is 12.0. The minimum absolute atomic E-state index is 0.122. The Morgan fingerprint density at radius 1 is 1.23 bits per heavy atom. The van der Waals surface area contributed by atoms with Gasteiger partial charge in [-0.15, -0.1) is 5.10 Å². The zero-order valence-corrected chi connectivity index (χ0v) is 12.4. The van der Waals surface area contributed by atoms with Gasteiger partial charge in [-0.1, -0.05) is 28.9 Å². The number of carbonyl (C=O) groups excluding carboxylic acids is 1. The third-order valence-corrected chi connectivity index (χ3v) is 3.27. The number of pyridine rings is 1. The number of amides is 1. The van der Waals surface area contributed by atoms with Crippen molar-refractivity contribution in [2.45, 2.75) is 13.8 Å². The third-order valence-electron chi connectivity index (χ3n) is 3.27. The van der Waals surface area contributed by atoms with Gasteiger partial charge in [-0.25, -0.2) is 0 Å². The van der Waals surface area contributed by atoms with Crippen LogP contribution in [0.5, 0.6) is 6.01 Å². The zero-order chi connectivity index (χ0) is 15.5. The second-order valence-corrected chi connectivity index (χ2v) is 5.07. The zero-order valence-electron chi connectivity index (χ0n) is 12.4. The molecule has 0 aliphatic carbocycles. The van der Waals surface area contributed by atoms with E-state index in [1.807, 2.05) is 50.2 Å². The Hall–Kier alpha value is -2.89. The van der Waals surface area contributed by atoms with Crippen LogP contribution in [0.3, 0.4) is 0 Å². The molecular weight excluding hydrogens is 280 g/mol. The third kappa shape index (κ3) is 2.90. The smallest absolute Gasteiger partial charge is 0.322 e. The molecule has 0 bridgehead atoms. The van der Waals surface area contributed by atoms with E-state index < -0.39 is 0 Å². The molecule has 0 aliphatic rings. The van der Waals surface area contributed by atoms with Crippen molar-refractivity contribution in [1.82, 2.24) is 14.6 Å². The molecule has 3 aromatic rings. The molecule has 1 aromatic carbocycles. The number of hydrogen-bond donors (Lipinski definition) is 1. The Balaban J connectivity index is 1.65. The topological polar surface area (TPSA) is 68.5 Å². The van der Waals surface area contributed by atoms with E-state index in [0.717, 1.165) is 16.8 Å². The molecule has 0 fully saturated rings. The molecule has 0 radical (unpaired) electrons. The summed E-state index contributed by atoms with van der Waals surface area (Å²) in [6.07, 6.45) is 1.78. The lowest BCUT2D eigenvalue weighted by atomic mass is 10.1. The molecule has 3 rings (SSSR count). The second-order valence-electron chi connectivity index (χ2n) is 5.07. The van der Waals surface area contributed by atoms with Crippen molar-refractivity contribution in [1.29, 1.82) is 0 Å². The van der Waals surface area contributed by atoms with E-state index in [9.17, 15) is 4.79 Å². The van der Waals surface area contributed by atoms with Crippen LogP contribution in [0.25, 0.3) is 5.65 Å². The molecule has 6 heteroatoms. The Labute approximate surface area is 127 Å². The van der Waals surface area contributed by atoms with Gasteiger partial charge in [-0.05, 0) is 37.6 Å². The molecule has 6 nitrogen and oxygen atoms in total. The van der Waals surface area contributed by atoms with E-state index in [1.165, 1.54) is 0 Å². The van der Waals surface area contributed by atoms with Crippen molar-refractivity contribution >= 4 is 17.2 Å². The van der Waals surface area contributed by atoms with E-state index >= 15 is 0 Å². The lowest BCUT2D eigenvalue weighted by molar-refractivity contribution is -0.118. The van der Waals surface area contributed by atoms with Gasteiger partial charge >= 0.3 is 6.01 Å². The maximum atomic E-state index is 12.0. The Morgan fingerprint density at radius 2 is 2.09 bits per heavy atom. The highest BCUT2D eigenvalue weighted by Gasteiger charge is 2.09. The number of rotatable bonds is 4. The average molecular weight is 296 g/mol. The molecule has 0 spiro atoms. The van der Waals surface area contributed by atoms with Gasteiger partial charge in [0.2, 0.25) is 0 Å². The first-order valence-corrected chi connectivity index (χ1v) is 6.93. The number of anilines is 1. The summed E-state index contributed by atoms with van der Waals surface area (Å²) in [5, 5.41) is 10.7. The number of ether oxygens (including phenoxy) is 1. The Morgan fingerprint density at radius 3 is 2.91 bits per heavy atom. The summed E-state index contributed by atoms with van der Waals surface area (Å²) in [5.74, 6) is -0.236. The molecule has 1 amide bonds. The highest BCUT2D eigenvalue weighted by molar-refractivity contribution is 5.92. The maximum Gasteiger partial charge on any atom is 0.322 e. The van der Waals surface area contributed by atoms with Gasteiger partial charge in [0, 0.05) is 11.9 Å². The second kappa shape index (κ2) is 5.85. The van der Waals surface area contributed by atoms with Crippen molar-refractivity contribution in [2.24, 2.45) is 0 Å². The van der Waals surface area contributed by atoms with E-state index in [1.54, 1.807) is 10.6 Å². The molecule has 2 aromatic heterocycles. The van der Waals surface area contributed by atoms with Crippen LogP contribution in [0, 0.1) is 13.8 Å². The first kappa shape index (κ1) is 14.1. The van der Waals surface area contributed by atoms with Crippen molar-refractivity contribution < 1.29 is 9.53 Å². The van der Waals surface area contributed by atoms with E-state index in [2.05, 4.69) is 15.5 Å². The number of carbonyl (C=O) groups is 1. The van der Waals surface area contributed by atoms with Gasteiger partial charge in [-0.2, -0.15) is 0 Å². The summed E-state index contributed by atoms with van der Waals surface area (Å²) in [5.41, 5.74) is 3.63. The fourth-order valence-corrected chi connectivity index (χ4v) is 2.19. The van der Waals surface area contributed by atoms with Crippen LogP contribution < -0.4 is 10.1 Å². The summed E-state index contributed by atoms with van der Waals surface area (Å²) < 4.78 is 7.12. The summed E-state index contributed by atoms with van der Waals surface area (Å²) in [6.45, 7) is 3.84. The van der Waals surface area contributed by atoms with Crippen molar-refractivity contribution in [3.05, 3.63) is 53.7 Å². The van der Waals surface area contributed by atoms with Crippen molar-refractivity contribution in [3.8, 4) is 6.01 Å². The van der Waals surface area contributed by atoms with Crippen LogP contribution in [-0.2, 0) is 4.79 Å². The molecule has 0 atom stereocenters. The lowest BCUT2D eigenvalue weighted by Crippen LogP contribution is -2.21. The fourth-order valence-electron chi connectivity index (χ4n) is 2.19. The Kier molecular flexibility index (Phi) is 3.74. The first-order valence-electron chi connectivity index (χ1n) is 6.93. The highest BCUT2D eigenvalue weighted by atomic mass is 16.5. The Bertz CT molecular complexity index is 826. The van der Waals surface area contributed by atoms with Crippen LogP contribution in [-0.4, -0.2) is 27.1 Å². The molecule has 1 N–H and O–H groups in total. The van der Waals surface area contributed by atoms with Crippen LogP contribution >= 0.6 is 0 Å². The van der Waals surface area contributed by atoms with Crippen LogP contribution in [0.2, 0.25) is 0 Å². The lowest BCUT2D eigenvalue weighted by Gasteiger charge is -2.09. The predicted molar refractivity (Wildman–Crippen MR) is 83.0 cm³/mol.